The predicted octanol–water partition coefficient (Wildman–Crippen LogP) is 4.30. The van der Waals surface area contributed by atoms with Crippen LogP contribution < -0.4 is 26.5 Å². The summed E-state index contributed by atoms with van der Waals surface area (Å²) in [6, 6.07) is 12.2. The van der Waals surface area contributed by atoms with Crippen molar-refractivity contribution in [2.45, 2.75) is 51.1 Å². The molecule has 2 aromatic carbocycles. The van der Waals surface area contributed by atoms with E-state index in [4.69, 9.17) is 21.3 Å². The lowest BCUT2D eigenvalue weighted by Crippen LogP contribution is -2.46. The number of anilines is 4. The Kier molecular flexibility index (Phi) is 8.66. The van der Waals surface area contributed by atoms with Crippen molar-refractivity contribution in [1.82, 2.24) is 34.2 Å². The maximum atomic E-state index is 13.0. The van der Waals surface area contributed by atoms with E-state index >= 15 is 0 Å². The first-order chi connectivity index (χ1) is 24.6. The topological polar surface area (TPSA) is 153 Å². The second-order valence-electron chi connectivity index (χ2n) is 14.1. The minimum absolute atomic E-state index is 0.0341. The molecule has 8 rings (SSSR count). The Morgan fingerprint density at radius 2 is 1.82 bits per heavy atom. The van der Waals surface area contributed by atoms with Crippen LogP contribution in [0.4, 0.5) is 23.1 Å². The molecular weight excluding hydrogens is 672 g/mol. The number of rotatable bonds is 9. The van der Waals surface area contributed by atoms with Crippen molar-refractivity contribution in [3.05, 3.63) is 63.8 Å². The van der Waals surface area contributed by atoms with Crippen molar-refractivity contribution in [3.8, 4) is 0 Å². The maximum absolute atomic E-state index is 13.0. The van der Waals surface area contributed by atoms with Crippen LogP contribution >= 0.6 is 11.6 Å². The molecule has 3 aromatic heterocycles. The lowest BCUT2D eigenvalue weighted by molar-refractivity contribution is -0.134. The van der Waals surface area contributed by atoms with Gasteiger partial charge < -0.3 is 20.3 Å². The first-order valence-electron chi connectivity index (χ1n) is 17.5. The van der Waals surface area contributed by atoms with Gasteiger partial charge in [0, 0.05) is 68.9 Å². The normalized spacial score (nSPS) is 21.3. The van der Waals surface area contributed by atoms with Crippen molar-refractivity contribution >= 4 is 68.5 Å². The van der Waals surface area contributed by atoms with Crippen molar-refractivity contribution in [1.29, 1.82) is 0 Å². The van der Waals surface area contributed by atoms with Gasteiger partial charge in [-0.1, -0.05) is 18.5 Å². The molecule has 3 atom stereocenters. The molecule has 0 aliphatic carbocycles. The molecule has 15 heteroatoms. The summed E-state index contributed by atoms with van der Waals surface area (Å²) in [7, 11) is 3.68. The smallest absolute Gasteiger partial charge is 0.328 e. The average molecular weight is 713 g/mol. The molecule has 0 bridgehead atoms. The SMILES string of the molecule is C[C@@H]1CN(c2ncc(Cl)c(Nc3ccc4c(c3)n(CCC3COC3)c(=O)n4C)n2)CC[C@H]1Nc1ccc2c(C3CCC(=O)NC3=O)nn(C)c2c1. The Morgan fingerprint density at radius 1 is 1.02 bits per heavy atom. The average Bonchev–Trinajstić information content (AvgIpc) is 3.53. The number of halogens is 1. The molecule has 2 amide bonds. The summed E-state index contributed by atoms with van der Waals surface area (Å²) in [5.41, 5.74) is 5.10. The molecule has 1 unspecified atom stereocenters. The fraction of sp³-hybridized carbons (Fsp3) is 0.444. The number of hydrogen-bond donors (Lipinski definition) is 3. The third-order valence-corrected chi connectivity index (χ3v) is 10.9. The van der Waals surface area contributed by atoms with Gasteiger partial charge in [0.25, 0.3) is 0 Å². The number of fused-ring (bicyclic) bond motifs is 2. The highest BCUT2D eigenvalue weighted by Crippen LogP contribution is 2.33. The van der Waals surface area contributed by atoms with E-state index in [1.54, 1.807) is 22.5 Å². The minimum atomic E-state index is -0.436. The van der Waals surface area contributed by atoms with E-state index < -0.39 is 5.92 Å². The van der Waals surface area contributed by atoms with Gasteiger partial charge in [-0.15, -0.1) is 0 Å². The number of nitrogens with one attached hydrogen (secondary N) is 3. The molecule has 3 fully saturated rings. The molecule has 3 N–H and O–H groups in total. The largest absolute Gasteiger partial charge is 0.382 e. The fourth-order valence-corrected chi connectivity index (χ4v) is 7.68. The lowest BCUT2D eigenvalue weighted by Gasteiger charge is -2.37. The summed E-state index contributed by atoms with van der Waals surface area (Å²) in [5.74, 6) is 0.926. The van der Waals surface area contributed by atoms with Crippen LogP contribution in [0, 0.1) is 11.8 Å². The summed E-state index contributed by atoms with van der Waals surface area (Å²) in [5, 5.41) is 15.6. The number of carbonyl (C=O) groups is 2. The highest BCUT2D eigenvalue weighted by atomic mass is 35.5. The molecular formula is C36H41ClN10O4. The van der Waals surface area contributed by atoms with E-state index in [9.17, 15) is 14.4 Å². The first kappa shape index (κ1) is 33.2. The molecule has 0 saturated carbocycles. The van der Waals surface area contributed by atoms with Crippen LogP contribution in [0.25, 0.3) is 21.9 Å². The number of amides is 2. The molecule has 51 heavy (non-hydrogen) atoms. The number of benzene rings is 2. The molecule has 5 aromatic rings. The fourth-order valence-electron chi connectivity index (χ4n) is 7.54. The van der Waals surface area contributed by atoms with E-state index in [1.807, 2.05) is 41.9 Å². The number of hydrogen-bond acceptors (Lipinski definition) is 10. The van der Waals surface area contributed by atoms with Crippen LogP contribution in [0.15, 0.2) is 47.4 Å². The van der Waals surface area contributed by atoms with Crippen LogP contribution in [0.3, 0.4) is 0 Å². The molecule has 0 spiro atoms. The minimum Gasteiger partial charge on any atom is -0.382 e. The maximum Gasteiger partial charge on any atom is 0.328 e. The summed E-state index contributed by atoms with van der Waals surface area (Å²) in [6.07, 6.45) is 4.18. The summed E-state index contributed by atoms with van der Waals surface area (Å²) in [6.45, 7) is 5.87. The zero-order valence-electron chi connectivity index (χ0n) is 28.9. The monoisotopic (exact) mass is 712 g/mol. The molecule has 3 aliphatic rings. The van der Waals surface area contributed by atoms with Crippen molar-refractivity contribution in [3.63, 3.8) is 0 Å². The van der Waals surface area contributed by atoms with E-state index in [0.717, 1.165) is 72.5 Å². The Balaban J connectivity index is 0.945. The van der Waals surface area contributed by atoms with Crippen LogP contribution in [0.2, 0.25) is 5.02 Å². The van der Waals surface area contributed by atoms with Gasteiger partial charge in [0.2, 0.25) is 17.8 Å². The summed E-state index contributed by atoms with van der Waals surface area (Å²) in [4.78, 5) is 48.9. The first-order valence-corrected chi connectivity index (χ1v) is 17.9. The summed E-state index contributed by atoms with van der Waals surface area (Å²) >= 11 is 6.60. The van der Waals surface area contributed by atoms with Crippen LogP contribution in [-0.4, -0.2) is 73.0 Å². The van der Waals surface area contributed by atoms with Gasteiger partial charge >= 0.3 is 5.69 Å². The van der Waals surface area contributed by atoms with Crippen molar-refractivity contribution in [2.24, 2.45) is 25.9 Å². The number of carbonyl (C=O) groups excluding carboxylic acids is 2. The second kappa shape index (κ2) is 13.3. The van der Waals surface area contributed by atoms with Gasteiger partial charge in [0.1, 0.15) is 5.02 Å². The highest BCUT2D eigenvalue weighted by molar-refractivity contribution is 6.33. The number of aromatic nitrogens is 6. The van der Waals surface area contributed by atoms with Gasteiger partial charge in [-0.2, -0.15) is 10.1 Å². The van der Waals surface area contributed by atoms with Crippen molar-refractivity contribution < 1.29 is 14.3 Å². The Bertz CT molecular complexity index is 2220. The van der Waals surface area contributed by atoms with Crippen LogP contribution in [-0.2, 0) is 35.0 Å². The van der Waals surface area contributed by atoms with Gasteiger partial charge in [0.05, 0.1) is 47.6 Å². The Hall–Kier alpha value is -4.95. The number of ether oxygens (including phenoxy) is 1. The predicted molar refractivity (Wildman–Crippen MR) is 196 cm³/mol. The third kappa shape index (κ3) is 6.31. The van der Waals surface area contributed by atoms with E-state index in [1.165, 1.54) is 0 Å². The number of imide groups is 1. The van der Waals surface area contributed by atoms with Crippen molar-refractivity contribution in [2.75, 3.05) is 41.8 Å². The molecule has 3 saturated heterocycles. The third-order valence-electron chi connectivity index (χ3n) is 10.6. The zero-order chi connectivity index (χ0) is 35.4. The Labute approximate surface area is 299 Å². The quantitative estimate of drug-likeness (QED) is 0.189. The second-order valence-corrected chi connectivity index (χ2v) is 14.5. The van der Waals surface area contributed by atoms with Gasteiger partial charge in [-0.05, 0) is 61.6 Å². The number of imidazole rings is 1. The van der Waals surface area contributed by atoms with E-state index in [0.29, 0.717) is 47.8 Å². The standard InChI is InChI=1S/C36H41ClN10O4/c1-20-17-46(12-11-27(20)39-22-4-6-24-29(14-22)45(3)43-32(24)25-7-9-31(48)41-34(25)49)35-38-16-26(37)33(42-35)40-23-5-8-28-30(15-23)47(36(50)44(28)2)13-10-21-18-51-19-21/h4-6,8,14-16,20-21,25,27,39H,7,9-13,17-19H2,1-3H3,(H,38,40,42)(H,41,48,49)/t20-,25?,27-/m1/s1. The molecule has 3 aliphatic heterocycles. The van der Waals surface area contributed by atoms with Crippen LogP contribution in [0.5, 0.6) is 0 Å². The molecule has 0 radical (unpaired) electrons. The number of piperidine rings is 2. The Morgan fingerprint density at radius 3 is 2.59 bits per heavy atom. The zero-order valence-corrected chi connectivity index (χ0v) is 29.6. The van der Waals surface area contributed by atoms with Gasteiger partial charge in [-0.25, -0.2) is 9.78 Å². The van der Waals surface area contributed by atoms with E-state index in [-0.39, 0.29) is 29.5 Å². The molecule has 266 valence electrons. The van der Waals surface area contributed by atoms with Gasteiger partial charge in [0.15, 0.2) is 5.82 Å². The number of aryl methyl sites for hydroxylation is 3. The summed E-state index contributed by atoms with van der Waals surface area (Å²) < 4.78 is 10.6. The van der Waals surface area contributed by atoms with Crippen LogP contribution in [0.1, 0.15) is 44.2 Å². The van der Waals surface area contributed by atoms with E-state index in [2.05, 4.69) is 43.9 Å². The number of nitrogens with zero attached hydrogens (tertiary/aromatic N) is 7. The molecule has 6 heterocycles. The highest BCUT2D eigenvalue weighted by Gasteiger charge is 2.32. The molecule has 14 nitrogen and oxygen atoms in total. The van der Waals surface area contributed by atoms with Gasteiger partial charge in [-0.3, -0.25) is 28.7 Å². The lowest BCUT2D eigenvalue weighted by atomic mass is 9.92.